The predicted molar refractivity (Wildman–Crippen MR) is 116 cm³/mol. The smallest absolute Gasteiger partial charge is 0.335 e. The van der Waals surface area contributed by atoms with Crippen LogP contribution < -0.4 is 5.32 Å². The van der Waals surface area contributed by atoms with Crippen molar-refractivity contribution in [3.63, 3.8) is 0 Å². The quantitative estimate of drug-likeness (QED) is 0.497. The van der Waals surface area contributed by atoms with Gasteiger partial charge in [0.25, 0.3) is 0 Å². The van der Waals surface area contributed by atoms with Gasteiger partial charge in [-0.05, 0) is 60.6 Å². The number of carbonyl (C=O) groups is 1. The van der Waals surface area contributed by atoms with Crippen LogP contribution in [0.25, 0.3) is 11.1 Å². The van der Waals surface area contributed by atoms with E-state index < -0.39 is 18.5 Å². The van der Waals surface area contributed by atoms with Crippen molar-refractivity contribution in [2.24, 2.45) is 0 Å². The minimum Gasteiger partial charge on any atom is -0.478 e. The lowest BCUT2D eigenvalue weighted by atomic mass is 9.99. The van der Waals surface area contributed by atoms with Crippen LogP contribution in [0.5, 0.6) is 0 Å². The second-order valence-corrected chi connectivity index (χ2v) is 6.93. The summed E-state index contributed by atoms with van der Waals surface area (Å²) in [5.41, 5.74) is 4.10. The molecule has 0 aliphatic carbocycles. The summed E-state index contributed by atoms with van der Waals surface area (Å²) in [5.74, 6) is -0.984. The maximum atomic E-state index is 11.2. The third-order valence-electron chi connectivity index (χ3n) is 4.64. The lowest BCUT2D eigenvalue weighted by Crippen LogP contribution is -2.22. The molecule has 3 aromatic rings. The number of hydrogen-bond donors (Lipinski definition) is 3. The van der Waals surface area contributed by atoms with Crippen LogP contribution in [0.2, 0.25) is 0 Å². The van der Waals surface area contributed by atoms with E-state index in [9.17, 15) is 15.0 Å². The van der Waals surface area contributed by atoms with Crippen LogP contribution in [0, 0.1) is 6.92 Å². The topological polar surface area (TPSA) is 69.6 Å². The highest BCUT2D eigenvalue weighted by Crippen LogP contribution is 2.22. The zero-order valence-corrected chi connectivity index (χ0v) is 16.4. The van der Waals surface area contributed by atoms with E-state index in [2.05, 4.69) is 5.32 Å². The highest BCUT2D eigenvalue weighted by atomic mass is 16.4. The first kappa shape index (κ1) is 17.0. The second-order valence-electron chi connectivity index (χ2n) is 6.93. The molecule has 4 heteroatoms. The molecule has 3 rings (SSSR count). The molecule has 1 atom stereocenters. The van der Waals surface area contributed by atoms with Gasteiger partial charge in [0.1, 0.15) is 0 Å². The number of aliphatic hydroxyl groups is 1. The van der Waals surface area contributed by atoms with Gasteiger partial charge < -0.3 is 15.5 Å². The highest BCUT2D eigenvalue weighted by Gasteiger charge is 2.07. The normalized spacial score (nSPS) is 15.0. The Morgan fingerprint density at radius 1 is 1.07 bits per heavy atom. The molecule has 0 aliphatic rings. The minimum atomic E-state index is -1.94. The molecular formula is C25H27NO3. The Morgan fingerprint density at radius 2 is 1.79 bits per heavy atom. The van der Waals surface area contributed by atoms with Crippen LogP contribution in [-0.4, -0.2) is 29.2 Å². The van der Waals surface area contributed by atoms with E-state index in [0.29, 0.717) is 12.0 Å². The molecule has 29 heavy (non-hydrogen) atoms. The first-order valence-corrected chi connectivity index (χ1v) is 9.53. The van der Waals surface area contributed by atoms with Gasteiger partial charge in [-0.2, -0.15) is 0 Å². The van der Waals surface area contributed by atoms with Gasteiger partial charge in [-0.25, -0.2) is 4.79 Å². The molecule has 0 fully saturated rings. The van der Waals surface area contributed by atoms with Gasteiger partial charge in [-0.15, -0.1) is 0 Å². The monoisotopic (exact) mass is 392 g/mol. The molecule has 3 N–H and O–H groups in total. The molecule has 0 saturated carbocycles. The summed E-state index contributed by atoms with van der Waals surface area (Å²) in [6.07, 6.45) is -1.35. The number of aryl methyl sites for hydroxylation is 2. The van der Waals surface area contributed by atoms with Crippen molar-refractivity contribution in [1.82, 2.24) is 5.32 Å². The summed E-state index contributed by atoms with van der Waals surface area (Å²) in [5, 5.41) is 22.4. The zero-order valence-electron chi connectivity index (χ0n) is 19.4. The van der Waals surface area contributed by atoms with Crippen molar-refractivity contribution < 1.29 is 19.1 Å². The molecule has 0 heterocycles. The number of hydrogen-bond acceptors (Lipinski definition) is 3. The minimum absolute atomic E-state index is 0.148. The molecule has 0 saturated heterocycles. The number of aromatic carboxylic acids is 1. The molecule has 0 aromatic heterocycles. The van der Waals surface area contributed by atoms with Gasteiger partial charge >= 0.3 is 5.97 Å². The van der Waals surface area contributed by atoms with Crippen LogP contribution >= 0.6 is 0 Å². The molecule has 0 aliphatic heterocycles. The molecule has 0 unspecified atom stereocenters. The first-order chi connectivity index (χ1) is 15.1. The van der Waals surface area contributed by atoms with Crippen molar-refractivity contribution in [2.45, 2.75) is 25.8 Å². The Labute approximate surface area is 176 Å². The lowest BCUT2D eigenvalue weighted by molar-refractivity contribution is 0.0697. The fourth-order valence-corrected chi connectivity index (χ4v) is 3.11. The van der Waals surface area contributed by atoms with Gasteiger partial charge in [0.2, 0.25) is 0 Å². The summed E-state index contributed by atoms with van der Waals surface area (Å²) in [6, 6.07) is 21.3. The van der Waals surface area contributed by atoms with Gasteiger partial charge in [0.05, 0.1) is 13.0 Å². The predicted octanol–water partition coefficient (Wildman–Crippen LogP) is 4.62. The van der Waals surface area contributed by atoms with Gasteiger partial charge in [0, 0.05) is 9.29 Å². The zero-order chi connectivity index (χ0) is 23.4. The van der Waals surface area contributed by atoms with E-state index in [1.165, 1.54) is 0 Å². The standard InChI is InChI=1S/C25H27NO3/c1-18-6-2-11-22(14-18)24(27)17-26-13-5-8-19-7-3-9-20(15-19)21-10-4-12-23(16-21)25(28)29/h2-4,6-7,9-12,14-16,24,26-27H,5,8,13,17H2,1H3,(H,28,29)/t24-/m0/s1/i13D2,24D. The van der Waals surface area contributed by atoms with Crippen molar-refractivity contribution in [3.8, 4) is 11.1 Å². The average Bonchev–Trinajstić information content (AvgIpc) is 2.77. The number of rotatable bonds is 9. The SMILES string of the molecule is [2H]C([2H])(CCc1cccc(-c2cccc(C(=O)O)c2)c1)NC[C@]([2H])(O)c1cccc(C)c1. The van der Waals surface area contributed by atoms with Crippen molar-refractivity contribution >= 4 is 5.97 Å². The molecular weight excluding hydrogens is 362 g/mol. The number of carboxylic acid groups (broad SMARTS) is 1. The van der Waals surface area contributed by atoms with Crippen molar-refractivity contribution in [3.05, 3.63) is 95.1 Å². The second kappa shape index (κ2) is 10.0. The molecule has 3 aromatic carbocycles. The van der Waals surface area contributed by atoms with Crippen LogP contribution in [0.4, 0.5) is 0 Å². The third-order valence-corrected chi connectivity index (χ3v) is 4.64. The molecule has 150 valence electrons. The maximum Gasteiger partial charge on any atom is 0.335 e. The average molecular weight is 393 g/mol. The van der Waals surface area contributed by atoms with E-state index in [-0.39, 0.29) is 18.5 Å². The molecule has 0 radical (unpaired) electrons. The fourth-order valence-electron chi connectivity index (χ4n) is 3.11. The van der Waals surface area contributed by atoms with Crippen molar-refractivity contribution in [2.75, 3.05) is 13.0 Å². The number of benzene rings is 3. The third kappa shape index (κ3) is 6.01. The van der Waals surface area contributed by atoms with Gasteiger partial charge in [-0.1, -0.05) is 66.2 Å². The Hall–Kier alpha value is -2.95. The van der Waals surface area contributed by atoms with Gasteiger partial charge in [0.15, 0.2) is 0 Å². The summed E-state index contributed by atoms with van der Waals surface area (Å²) in [4.78, 5) is 11.2. The largest absolute Gasteiger partial charge is 0.478 e. The summed E-state index contributed by atoms with van der Waals surface area (Å²) >= 11 is 0. The summed E-state index contributed by atoms with van der Waals surface area (Å²) < 4.78 is 24.7. The van der Waals surface area contributed by atoms with Crippen molar-refractivity contribution in [1.29, 1.82) is 0 Å². The van der Waals surface area contributed by atoms with Crippen LogP contribution in [0.1, 0.15) is 43.7 Å². The number of carboxylic acids is 1. The number of nitrogens with one attached hydrogen (secondary N) is 1. The Bertz CT molecular complexity index is 1100. The van der Waals surface area contributed by atoms with Crippen LogP contribution in [-0.2, 0) is 6.42 Å². The molecule has 4 nitrogen and oxygen atoms in total. The van der Waals surface area contributed by atoms with E-state index in [0.717, 1.165) is 22.3 Å². The van der Waals surface area contributed by atoms with Crippen LogP contribution in [0.15, 0.2) is 72.8 Å². The maximum absolute atomic E-state index is 11.2. The van der Waals surface area contributed by atoms with E-state index >= 15 is 0 Å². The molecule has 0 spiro atoms. The lowest BCUT2D eigenvalue weighted by Gasteiger charge is -2.13. The summed E-state index contributed by atoms with van der Waals surface area (Å²) in [6.45, 7) is -0.151. The van der Waals surface area contributed by atoms with E-state index in [4.69, 9.17) is 4.11 Å². The summed E-state index contributed by atoms with van der Waals surface area (Å²) in [7, 11) is 0. The Morgan fingerprint density at radius 3 is 2.55 bits per heavy atom. The Kier molecular flexibility index (Phi) is 5.85. The van der Waals surface area contributed by atoms with Gasteiger partial charge in [-0.3, -0.25) is 0 Å². The molecule has 0 amide bonds. The Balaban J connectivity index is 1.64. The fraction of sp³-hybridized carbons (Fsp3) is 0.240. The van der Waals surface area contributed by atoms with E-state index in [1.54, 1.807) is 36.4 Å². The molecule has 0 bridgehead atoms. The van der Waals surface area contributed by atoms with E-state index in [1.807, 2.05) is 43.3 Å². The van der Waals surface area contributed by atoms with Crippen LogP contribution in [0.3, 0.4) is 0 Å². The highest BCUT2D eigenvalue weighted by molar-refractivity contribution is 5.89. The first-order valence-electron chi connectivity index (χ1n) is 11.0.